The van der Waals surface area contributed by atoms with Crippen molar-refractivity contribution < 1.29 is 14.8 Å². The number of nitrogens with one attached hydrogen (secondary N) is 1. The second-order valence-electron chi connectivity index (χ2n) is 5.24. The van der Waals surface area contributed by atoms with Crippen LogP contribution in [0, 0.1) is 10.1 Å². The third kappa shape index (κ3) is 3.47. The molecule has 1 aliphatic rings. The molecule has 0 spiro atoms. The summed E-state index contributed by atoms with van der Waals surface area (Å²) in [5, 5.41) is 23.2. The van der Waals surface area contributed by atoms with Crippen molar-refractivity contribution >= 4 is 29.1 Å². The number of carboxylic acid groups (broad SMARTS) is 1. The highest BCUT2D eigenvalue weighted by Crippen LogP contribution is 2.40. The van der Waals surface area contributed by atoms with Crippen molar-refractivity contribution in [2.75, 3.05) is 18.1 Å². The fraction of sp³-hybridized carbons (Fsp3) is 0.500. The van der Waals surface area contributed by atoms with Gasteiger partial charge in [-0.05, 0) is 31.2 Å². The molecule has 21 heavy (non-hydrogen) atoms. The zero-order valence-electron chi connectivity index (χ0n) is 11.8. The highest BCUT2D eigenvalue weighted by molar-refractivity contribution is 8.00. The molecule has 1 aromatic carbocycles. The van der Waals surface area contributed by atoms with Crippen LogP contribution >= 0.6 is 11.8 Å². The number of nitro benzene ring substituents is 1. The fourth-order valence-electron chi connectivity index (χ4n) is 2.70. The number of anilines is 1. The second kappa shape index (κ2) is 6.34. The largest absolute Gasteiger partial charge is 0.478 e. The van der Waals surface area contributed by atoms with Gasteiger partial charge in [-0.25, -0.2) is 4.79 Å². The molecule has 0 amide bonds. The molecule has 1 fully saturated rings. The van der Waals surface area contributed by atoms with Crippen molar-refractivity contribution in [3.8, 4) is 0 Å². The van der Waals surface area contributed by atoms with Crippen LogP contribution in [0.5, 0.6) is 0 Å². The van der Waals surface area contributed by atoms with Crippen molar-refractivity contribution in [2.45, 2.75) is 30.4 Å². The molecule has 0 saturated heterocycles. The van der Waals surface area contributed by atoms with Gasteiger partial charge in [-0.1, -0.05) is 12.8 Å². The molecule has 6 nitrogen and oxygen atoms in total. The SMILES string of the molecule is CSC1(CNc2cc(C(=O)O)ccc2[N+](=O)[O-])CCCC1. The lowest BCUT2D eigenvalue weighted by Crippen LogP contribution is -2.30. The van der Waals surface area contributed by atoms with E-state index in [1.165, 1.54) is 31.0 Å². The Morgan fingerprint density at radius 2 is 2.14 bits per heavy atom. The third-order valence-corrected chi connectivity index (χ3v) is 5.41. The van der Waals surface area contributed by atoms with Crippen LogP contribution in [0.4, 0.5) is 11.4 Å². The molecule has 1 saturated carbocycles. The van der Waals surface area contributed by atoms with Crippen LogP contribution in [-0.2, 0) is 0 Å². The van der Waals surface area contributed by atoms with E-state index in [0.717, 1.165) is 12.8 Å². The summed E-state index contributed by atoms with van der Waals surface area (Å²) in [6.07, 6.45) is 6.54. The van der Waals surface area contributed by atoms with Crippen molar-refractivity contribution in [3.63, 3.8) is 0 Å². The van der Waals surface area contributed by atoms with E-state index in [9.17, 15) is 14.9 Å². The smallest absolute Gasteiger partial charge is 0.335 e. The first-order chi connectivity index (χ1) is 9.97. The van der Waals surface area contributed by atoms with Crippen molar-refractivity contribution in [1.29, 1.82) is 0 Å². The van der Waals surface area contributed by atoms with Gasteiger partial charge in [-0.2, -0.15) is 11.8 Å². The molecule has 0 heterocycles. The summed E-state index contributed by atoms with van der Waals surface area (Å²) in [5.74, 6) is -1.09. The van der Waals surface area contributed by atoms with Crippen LogP contribution < -0.4 is 5.32 Å². The maximum Gasteiger partial charge on any atom is 0.335 e. The molecular formula is C14H18N2O4S. The highest BCUT2D eigenvalue weighted by Gasteiger charge is 2.33. The van der Waals surface area contributed by atoms with Crippen molar-refractivity contribution in [2.24, 2.45) is 0 Å². The number of nitro groups is 1. The predicted octanol–water partition coefficient (Wildman–Crippen LogP) is 3.38. The number of benzene rings is 1. The van der Waals surface area contributed by atoms with Gasteiger partial charge in [0.2, 0.25) is 0 Å². The molecule has 0 unspecified atom stereocenters. The van der Waals surface area contributed by atoms with Gasteiger partial charge < -0.3 is 10.4 Å². The number of rotatable bonds is 6. The molecule has 0 atom stereocenters. The van der Waals surface area contributed by atoms with Crippen molar-refractivity contribution in [3.05, 3.63) is 33.9 Å². The maximum atomic E-state index is 11.1. The summed E-state index contributed by atoms with van der Waals surface area (Å²) in [6, 6.07) is 3.83. The topological polar surface area (TPSA) is 92.5 Å². The fourth-order valence-corrected chi connectivity index (χ4v) is 3.61. The van der Waals surface area contributed by atoms with Gasteiger partial charge >= 0.3 is 5.97 Å². The number of thioether (sulfide) groups is 1. The Bertz CT molecular complexity index is 556. The minimum atomic E-state index is -1.09. The molecule has 0 aromatic heterocycles. The standard InChI is InChI=1S/C14H18N2O4S/c1-21-14(6-2-3-7-14)9-15-11-8-10(13(17)18)4-5-12(11)16(19)20/h4-5,8,15H,2-3,6-7,9H2,1H3,(H,17,18). The Labute approximate surface area is 127 Å². The number of nitrogens with zero attached hydrogens (tertiary/aromatic N) is 1. The van der Waals surface area contributed by atoms with Gasteiger partial charge in [0.25, 0.3) is 5.69 Å². The van der Waals surface area contributed by atoms with Gasteiger partial charge in [0.1, 0.15) is 5.69 Å². The van der Waals surface area contributed by atoms with Crippen LogP contribution in [0.2, 0.25) is 0 Å². The quantitative estimate of drug-likeness (QED) is 0.618. The molecule has 114 valence electrons. The van der Waals surface area contributed by atoms with Crippen LogP contribution in [-0.4, -0.2) is 33.5 Å². The monoisotopic (exact) mass is 310 g/mol. The zero-order chi connectivity index (χ0) is 15.5. The predicted molar refractivity (Wildman–Crippen MR) is 83.3 cm³/mol. The average molecular weight is 310 g/mol. The summed E-state index contributed by atoms with van der Waals surface area (Å²) >= 11 is 1.78. The molecule has 1 aliphatic carbocycles. The Morgan fingerprint density at radius 1 is 1.48 bits per heavy atom. The molecule has 0 aliphatic heterocycles. The minimum Gasteiger partial charge on any atom is -0.478 e. The van der Waals surface area contributed by atoms with E-state index in [0.29, 0.717) is 6.54 Å². The number of aromatic carboxylic acids is 1. The molecule has 1 aromatic rings. The summed E-state index contributed by atoms with van der Waals surface area (Å²) in [6.45, 7) is 0.609. The minimum absolute atomic E-state index is 0.0488. The van der Waals surface area contributed by atoms with E-state index in [1.54, 1.807) is 11.8 Å². The van der Waals surface area contributed by atoms with E-state index < -0.39 is 10.9 Å². The third-order valence-electron chi connectivity index (χ3n) is 3.99. The van der Waals surface area contributed by atoms with E-state index in [-0.39, 0.29) is 21.7 Å². The number of hydrogen-bond acceptors (Lipinski definition) is 5. The summed E-state index contributed by atoms with van der Waals surface area (Å²) in [7, 11) is 0. The second-order valence-corrected chi connectivity index (χ2v) is 6.52. The van der Waals surface area contributed by atoms with Gasteiger partial charge in [-0.3, -0.25) is 10.1 Å². The Morgan fingerprint density at radius 3 is 2.67 bits per heavy atom. The Hall–Kier alpha value is -1.76. The van der Waals surface area contributed by atoms with Crippen LogP contribution in [0.3, 0.4) is 0 Å². The Balaban J connectivity index is 2.22. The van der Waals surface area contributed by atoms with E-state index in [4.69, 9.17) is 5.11 Å². The van der Waals surface area contributed by atoms with Crippen LogP contribution in [0.25, 0.3) is 0 Å². The average Bonchev–Trinajstić information content (AvgIpc) is 2.94. The van der Waals surface area contributed by atoms with E-state index in [2.05, 4.69) is 11.6 Å². The molecule has 0 radical (unpaired) electrons. The van der Waals surface area contributed by atoms with Gasteiger partial charge in [0.15, 0.2) is 0 Å². The molecule has 0 bridgehead atoms. The first-order valence-electron chi connectivity index (χ1n) is 6.78. The first kappa shape index (κ1) is 15.6. The zero-order valence-corrected chi connectivity index (χ0v) is 12.6. The molecule has 2 rings (SSSR count). The van der Waals surface area contributed by atoms with Gasteiger partial charge in [0.05, 0.1) is 10.5 Å². The van der Waals surface area contributed by atoms with Crippen molar-refractivity contribution in [1.82, 2.24) is 0 Å². The number of carboxylic acids is 1. The molecule has 7 heteroatoms. The number of carbonyl (C=O) groups is 1. The summed E-state index contributed by atoms with van der Waals surface area (Å²) in [4.78, 5) is 21.6. The van der Waals surface area contributed by atoms with Gasteiger partial charge in [0, 0.05) is 17.4 Å². The summed E-state index contributed by atoms with van der Waals surface area (Å²) < 4.78 is 0.0904. The lowest BCUT2D eigenvalue weighted by Gasteiger charge is -2.27. The summed E-state index contributed by atoms with van der Waals surface area (Å²) in [5.41, 5.74) is 0.238. The Kier molecular flexibility index (Phi) is 4.72. The molecule has 2 N–H and O–H groups in total. The first-order valence-corrected chi connectivity index (χ1v) is 8.01. The van der Waals surface area contributed by atoms with E-state index >= 15 is 0 Å². The molecular weight excluding hydrogens is 292 g/mol. The number of hydrogen-bond donors (Lipinski definition) is 2. The van der Waals surface area contributed by atoms with Crippen LogP contribution in [0.15, 0.2) is 18.2 Å². The van der Waals surface area contributed by atoms with Crippen LogP contribution in [0.1, 0.15) is 36.0 Å². The lowest BCUT2D eigenvalue weighted by atomic mass is 10.1. The highest BCUT2D eigenvalue weighted by atomic mass is 32.2. The maximum absolute atomic E-state index is 11.1. The normalized spacial score (nSPS) is 16.6. The lowest BCUT2D eigenvalue weighted by molar-refractivity contribution is -0.384. The van der Waals surface area contributed by atoms with E-state index in [1.807, 2.05) is 0 Å². The van der Waals surface area contributed by atoms with Gasteiger partial charge in [-0.15, -0.1) is 0 Å².